The van der Waals surface area contributed by atoms with Crippen LogP contribution in [-0.4, -0.2) is 36.1 Å². The minimum Gasteiger partial charge on any atom is -0.449 e. The first-order chi connectivity index (χ1) is 7.57. The molecule has 1 heterocycles. The van der Waals surface area contributed by atoms with Gasteiger partial charge in [-0.3, -0.25) is 4.79 Å². The largest absolute Gasteiger partial charge is 0.449 e. The molecule has 1 aliphatic heterocycles. The molecule has 0 spiro atoms. The zero-order valence-corrected chi connectivity index (χ0v) is 9.94. The van der Waals surface area contributed by atoms with E-state index in [-0.39, 0.29) is 24.0 Å². The van der Waals surface area contributed by atoms with Crippen molar-refractivity contribution >= 4 is 12.0 Å². The molecule has 1 rings (SSSR count). The summed E-state index contributed by atoms with van der Waals surface area (Å²) >= 11 is 0. The SMILES string of the molecule is CCCCOC(=O)N1CC[C@H](C(N)=O)[C@@H]1C. The third-order valence-corrected chi connectivity index (χ3v) is 3.08. The van der Waals surface area contributed by atoms with Crippen LogP contribution in [0.1, 0.15) is 33.1 Å². The van der Waals surface area contributed by atoms with Crippen molar-refractivity contribution in [2.75, 3.05) is 13.2 Å². The number of primary amides is 1. The van der Waals surface area contributed by atoms with Gasteiger partial charge in [0.05, 0.1) is 12.5 Å². The fraction of sp³-hybridized carbons (Fsp3) is 0.818. The van der Waals surface area contributed by atoms with Crippen LogP contribution in [0, 0.1) is 5.92 Å². The fourth-order valence-corrected chi connectivity index (χ4v) is 1.96. The summed E-state index contributed by atoms with van der Waals surface area (Å²) in [6, 6.07) is -0.147. The summed E-state index contributed by atoms with van der Waals surface area (Å²) < 4.78 is 5.10. The molecule has 0 aliphatic carbocycles. The summed E-state index contributed by atoms with van der Waals surface area (Å²) in [7, 11) is 0. The monoisotopic (exact) mass is 228 g/mol. The van der Waals surface area contributed by atoms with Gasteiger partial charge in [0, 0.05) is 12.6 Å². The van der Waals surface area contributed by atoms with E-state index in [1.54, 1.807) is 4.90 Å². The normalized spacial score (nSPS) is 24.5. The molecule has 2 atom stereocenters. The van der Waals surface area contributed by atoms with E-state index in [0.29, 0.717) is 19.6 Å². The Labute approximate surface area is 95.9 Å². The second kappa shape index (κ2) is 5.72. The predicted molar refractivity (Wildman–Crippen MR) is 59.7 cm³/mol. The number of nitrogens with two attached hydrogens (primary N) is 1. The van der Waals surface area contributed by atoms with Crippen molar-refractivity contribution in [1.29, 1.82) is 0 Å². The van der Waals surface area contributed by atoms with Gasteiger partial charge in [0.25, 0.3) is 0 Å². The van der Waals surface area contributed by atoms with Crippen molar-refractivity contribution in [3.05, 3.63) is 0 Å². The average molecular weight is 228 g/mol. The molecule has 5 heteroatoms. The number of ether oxygens (including phenoxy) is 1. The van der Waals surface area contributed by atoms with Crippen LogP contribution in [0.4, 0.5) is 4.79 Å². The Balaban J connectivity index is 2.43. The molecule has 1 saturated heterocycles. The molecule has 16 heavy (non-hydrogen) atoms. The van der Waals surface area contributed by atoms with E-state index < -0.39 is 0 Å². The minimum atomic E-state index is -0.337. The van der Waals surface area contributed by atoms with Crippen LogP contribution < -0.4 is 5.73 Å². The number of amides is 2. The summed E-state index contributed by atoms with van der Waals surface area (Å²) in [5.74, 6) is -0.574. The van der Waals surface area contributed by atoms with Crippen LogP contribution >= 0.6 is 0 Å². The highest BCUT2D eigenvalue weighted by atomic mass is 16.6. The van der Waals surface area contributed by atoms with Gasteiger partial charge in [-0.2, -0.15) is 0 Å². The van der Waals surface area contributed by atoms with E-state index in [9.17, 15) is 9.59 Å². The second-order valence-electron chi connectivity index (χ2n) is 4.20. The molecule has 0 aromatic heterocycles. The van der Waals surface area contributed by atoms with E-state index in [2.05, 4.69) is 0 Å². The highest BCUT2D eigenvalue weighted by molar-refractivity contribution is 5.79. The molecule has 2 N–H and O–H groups in total. The molecule has 0 aromatic carbocycles. The summed E-state index contributed by atoms with van der Waals surface area (Å²) in [6.07, 6.45) is 2.17. The molecule has 0 unspecified atom stereocenters. The summed E-state index contributed by atoms with van der Waals surface area (Å²) in [5.41, 5.74) is 5.25. The van der Waals surface area contributed by atoms with Gasteiger partial charge in [0.15, 0.2) is 0 Å². The van der Waals surface area contributed by atoms with Crippen molar-refractivity contribution in [3.8, 4) is 0 Å². The lowest BCUT2D eigenvalue weighted by Gasteiger charge is -2.22. The van der Waals surface area contributed by atoms with Crippen LogP contribution in [-0.2, 0) is 9.53 Å². The first-order valence-electron chi connectivity index (χ1n) is 5.80. The van der Waals surface area contributed by atoms with Crippen LogP contribution in [0.3, 0.4) is 0 Å². The lowest BCUT2D eigenvalue weighted by atomic mass is 10.0. The van der Waals surface area contributed by atoms with E-state index in [4.69, 9.17) is 10.5 Å². The number of unbranched alkanes of at least 4 members (excludes halogenated alkanes) is 1. The maximum absolute atomic E-state index is 11.7. The smallest absolute Gasteiger partial charge is 0.410 e. The van der Waals surface area contributed by atoms with Crippen molar-refractivity contribution < 1.29 is 14.3 Å². The van der Waals surface area contributed by atoms with E-state index in [0.717, 1.165) is 12.8 Å². The van der Waals surface area contributed by atoms with Gasteiger partial charge in [0.1, 0.15) is 0 Å². The highest BCUT2D eigenvalue weighted by Gasteiger charge is 2.37. The molecule has 0 bridgehead atoms. The Morgan fingerprint density at radius 1 is 1.50 bits per heavy atom. The zero-order chi connectivity index (χ0) is 12.1. The van der Waals surface area contributed by atoms with Crippen molar-refractivity contribution in [2.24, 2.45) is 11.7 Å². The van der Waals surface area contributed by atoms with E-state index >= 15 is 0 Å². The zero-order valence-electron chi connectivity index (χ0n) is 9.94. The Morgan fingerprint density at radius 3 is 2.69 bits per heavy atom. The lowest BCUT2D eigenvalue weighted by molar-refractivity contribution is -0.122. The Morgan fingerprint density at radius 2 is 2.19 bits per heavy atom. The first kappa shape index (κ1) is 12.8. The van der Waals surface area contributed by atoms with Crippen LogP contribution in [0.15, 0.2) is 0 Å². The van der Waals surface area contributed by atoms with Gasteiger partial charge in [0.2, 0.25) is 5.91 Å². The van der Waals surface area contributed by atoms with Gasteiger partial charge in [-0.05, 0) is 19.8 Å². The Hall–Kier alpha value is -1.26. The Bertz CT molecular complexity index is 268. The molecule has 0 radical (unpaired) electrons. The van der Waals surface area contributed by atoms with Gasteiger partial charge in [-0.15, -0.1) is 0 Å². The van der Waals surface area contributed by atoms with Gasteiger partial charge < -0.3 is 15.4 Å². The van der Waals surface area contributed by atoms with Crippen LogP contribution in [0.2, 0.25) is 0 Å². The number of hydrogen-bond acceptors (Lipinski definition) is 3. The standard InChI is InChI=1S/C11H20N2O3/c1-3-4-7-16-11(15)13-6-5-9(8(13)2)10(12)14/h8-9H,3-7H2,1-2H3,(H2,12,14)/t8-,9-/m0/s1. The molecule has 1 fully saturated rings. The summed E-state index contributed by atoms with van der Waals surface area (Å²) in [5, 5.41) is 0. The molecule has 0 saturated carbocycles. The number of likely N-dealkylation sites (tertiary alicyclic amines) is 1. The molecule has 2 amide bonds. The number of carbonyl (C=O) groups excluding carboxylic acids is 2. The quantitative estimate of drug-likeness (QED) is 0.733. The number of hydrogen-bond donors (Lipinski definition) is 1. The molecule has 1 aliphatic rings. The van der Waals surface area contributed by atoms with Gasteiger partial charge >= 0.3 is 6.09 Å². The number of rotatable bonds is 4. The number of nitrogens with zero attached hydrogens (tertiary/aromatic N) is 1. The Kier molecular flexibility index (Phi) is 4.58. The van der Waals surface area contributed by atoms with Crippen molar-refractivity contribution in [3.63, 3.8) is 0 Å². The average Bonchev–Trinajstić information content (AvgIpc) is 2.60. The van der Waals surface area contributed by atoms with Gasteiger partial charge in [-0.1, -0.05) is 13.3 Å². The molecular formula is C11H20N2O3. The van der Waals surface area contributed by atoms with Crippen molar-refractivity contribution in [2.45, 2.75) is 39.2 Å². The molecule has 92 valence electrons. The predicted octanol–water partition coefficient (Wildman–Crippen LogP) is 1.12. The van der Waals surface area contributed by atoms with Crippen LogP contribution in [0.5, 0.6) is 0 Å². The third kappa shape index (κ3) is 2.87. The second-order valence-corrected chi connectivity index (χ2v) is 4.20. The number of carbonyl (C=O) groups is 2. The summed E-state index contributed by atoms with van der Waals surface area (Å²) in [4.78, 5) is 24.3. The fourth-order valence-electron chi connectivity index (χ4n) is 1.96. The van der Waals surface area contributed by atoms with Crippen molar-refractivity contribution in [1.82, 2.24) is 4.90 Å². The topological polar surface area (TPSA) is 72.6 Å². The van der Waals surface area contributed by atoms with Gasteiger partial charge in [-0.25, -0.2) is 4.79 Å². The van der Waals surface area contributed by atoms with Crippen LogP contribution in [0.25, 0.3) is 0 Å². The molecule has 5 nitrogen and oxygen atoms in total. The highest BCUT2D eigenvalue weighted by Crippen LogP contribution is 2.24. The summed E-state index contributed by atoms with van der Waals surface area (Å²) in [6.45, 7) is 4.87. The lowest BCUT2D eigenvalue weighted by Crippen LogP contribution is -2.39. The molecular weight excluding hydrogens is 208 g/mol. The minimum absolute atomic E-state index is 0.147. The maximum atomic E-state index is 11.7. The van der Waals surface area contributed by atoms with E-state index in [1.165, 1.54) is 0 Å². The molecule has 0 aromatic rings. The first-order valence-corrected chi connectivity index (χ1v) is 5.80. The third-order valence-electron chi connectivity index (χ3n) is 3.08. The maximum Gasteiger partial charge on any atom is 0.410 e. The van der Waals surface area contributed by atoms with E-state index in [1.807, 2.05) is 13.8 Å².